The largest absolute Gasteiger partial charge is 0.493 e. The Hall–Kier alpha value is -1.63. The second-order valence-corrected chi connectivity index (χ2v) is 4.90. The summed E-state index contributed by atoms with van der Waals surface area (Å²) < 4.78 is 0. The first-order valence-electron chi connectivity index (χ1n) is 6.30. The first-order valence-corrected chi connectivity index (χ1v) is 7.29. The molecule has 5 nitrogen and oxygen atoms in total. The van der Waals surface area contributed by atoms with Crippen LogP contribution in [0.4, 0.5) is 0 Å². The summed E-state index contributed by atoms with van der Waals surface area (Å²) in [7, 11) is 0. The molecule has 2 aromatic rings. The van der Waals surface area contributed by atoms with Crippen molar-refractivity contribution < 1.29 is 14.9 Å². The standard InChI is InChI=1S/C14H16N2O3S/c1-2-18-19-8-9-20-14-15-12(10-13(17)16-14)11-6-4-3-5-7-11/h3-7,10H,2,8-9H2,1H3,(H,15,16,17). The molecule has 6 heteroatoms. The van der Waals surface area contributed by atoms with Crippen molar-refractivity contribution in [3.05, 3.63) is 36.4 Å². The van der Waals surface area contributed by atoms with Crippen LogP contribution in [0.3, 0.4) is 0 Å². The van der Waals surface area contributed by atoms with Gasteiger partial charge in [-0.2, -0.15) is 4.98 Å². The first-order chi connectivity index (χ1) is 9.79. The smallest absolute Gasteiger partial charge is 0.215 e. The second kappa shape index (κ2) is 7.84. The fourth-order valence-electron chi connectivity index (χ4n) is 1.54. The molecule has 0 saturated carbocycles. The van der Waals surface area contributed by atoms with Gasteiger partial charge in [-0.25, -0.2) is 14.8 Å². The summed E-state index contributed by atoms with van der Waals surface area (Å²) >= 11 is 1.41. The number of aromatic hydroxyl groups is 1. The molecule has 1 heterocycles. The summed E-state index contributed by atoms with van der Waals surface area (Å²) in [6.45, 7) is 2.82. The van der Waals surface area contributed by atoms with Gasteiger partial charge < -0.3 is 5.11 Å². The molecule has 0 atom stereocenters. The molecule has 0 spiro atoms. The van der Waals surface area contributed by atoms with Crippen molar-refractivity contribution in [3.63, 3.8) is 0 Å². The Morgan fingerprint density at radius 1 is 1.15 bits per heavy atom. The summed E-state index contributed by atoms with van der Waals surface area (Å²) in [5.41, 5.74) is 1.64. The summed E-state index contributed by atoms with van der Waals surface area (Å²) in [4.78, 5) is 18.1. The van der Waals surface area contributed by atoms with Crippen LogP contribution >= 0.6 is 11.8 Å². The van der Waals surface area contributed by atoms with E-state index in [2.05, 4.69) is 9.97 Å². The molecule has 0 radical (unpaired) electrons. The molecule has 1 N–H and O–H groups in total. The Morgan fingerprint density at radius 3 is 2.70 bits per heavy atom. The fourth-order valence-corrected chi connectivity index (χ4v) is 2.20. The Balaban J connectivity index is 2.02. The van der Waals surface area contributed by atoms with Gasteiger partial charge in [-0.05, 0) is 6.92 Å². The lowest BCUT2D eigenvalue weighted by Gasteiger charge is -2.05. The molecule has 20 heavy (non-hydrogen) atoms. The highest BCUT2D eigenvalue weighted by Crippen LogP contribution is 2.23. The SMILES string of the molecule is CCOOCCSc1nc(O)cc(-c2ccccc2)n1. The van der Waals surface area contributed by atoms with Gasteiger partial charge in [0.25, 0.3) is 0 Å². The number of thioether (sulfide) groups is 1. The summed E-state index contributed by atoms with van der Waals surface area (Å²) in [5.74, 6) is 0.615. The van der Waals surface area contributed by atoms with E-state index in [0.29, 0.717) is 29.8 Å². The van der Waals surface area contributed by atoms with Crippen molar-refractivity contribution in [1.29, 1.82) is 0 Å². The third-order valence-corrected chi connectivity index (χ3v) is 3.17. The molecule has 0 amide bonds. The van der Waals surface area contributed by atoms with E-state index in [-0.39, 0.29) is 5.88 Å². The van der Waals surface area contributed by atoms with Crippen LogP contribution in [0.15, 0.2) is 41.6 Å². The van der Waals surface area contributed by atoms with Gasteiger partial charge >= 0.3 is 0 Å². The van der Waals surface area contributed by atoms with E-state index < -0.39 is 0 Å². The minimum absolute atomic E-state index is 0.0351. The van der Waals surface area contributed by atoms with Gasteiger partial charge in [-0.1, -0.05) is 42.1 Å². The van der Waals surface area contributed by atoms with E-state index in [0.717, 1.165) is 5.56 Å². The molecule has 0 aliphatic heterocycles. The van der Waals surface area contributed by atoms with Crippen LogP contribution in [0.1, 0.15) is 6.92 Å². The van der Waals surface area contributed by atoms with E-state index in [1.165, 1.54) is 11.8 Å². The maximum absolute atomic E-state index is 9.68. The van der Waals surface area contributed by atoms with E-state index in [4.69, 9.17) is 9.78 Å². The maximum atomic E-state index is 9.68. The molecule has 2 rings (SSSR count). The lowest BCUT2D eigenvalue weighted by molar-refractivity contribution is -0.286. The van der Waals surface area contributed by atoms with Crippen molar-refractivity contribution in [2.45, 2.75) is 12.1 Å². The van der Waals surface area contributed by atoms with Gasteiger partial charge in [-0.3, -0.25) is 0 Å². The zero-order valence-electron chi connectivity index (χ0n) is 11.2. The van der Waals surface area contributed by atoms with Crippen LogP contribution in [0, 0.1) is 0 Å². The second-order valence-electron chi connectivity index (χ2n) is 3.84. The first kappa shape index (κ1) is 14.8. The van der Waals surface area contributed by atoms with Crippen molar-refractivity contribution in [1.82, 2.24) is 9.97 Å². The highest BCUT2D eigenvalue weighted by Gasteiger charge is 2.06. The predicted octanol–water partition coefficient (Wildman–Crippen LogP) is 2.91. The molecule has 1 aromatic carbocycles. The normalized spacial score (nSPS) is 10.7. The minimum Gasteiger partial charge on any atom is -0.493 e. The molecule has 0 fully saturated rings. The lowest BCUT2D eigenvalue weighted by Crippen LogP contribution is -1.99. The molecule has 0 saturated heterocycles. The van der Waals surface area contributed by atoms with Crippen LogP contribution in [0.5, 0.6) is 5.88 Å². The Kier molecular flexibility index (Phi) is 5.79. The van der Waals surface area contributed by atoms with Gasteiger partial charge in [0, 0.05) is 17.4 Å². The number of nitrogens with zero attached hydrogens (tertiary/aromatic N) is 2. The van der Waals surface area contributed by atoms with Gasteiger partial charge in [0.1, 0.15) is 0 Å². The average molecular weight is 292 g/mol. The highest BCUT2D eigenvalue weighted by molar-refractivity contribution is 7.99. The van der Waals surface area contributed by atoms with Gasteiger partial charge in [0.2, 0.25) is 5.88 Å². The van der Waals surface area contributed by atoms with Gasteiger partial charge in [0.05, 0.1) is 18.9 Å². The molecule has 0 bridgehead atoms. The van der Waals surface area contributed by atoms with E-state index in [1.54, 1.807) is 6.07 Å². The van der Waals surface area contributed by atoms with Crippen LogP contribution in [-0.2, 0) is 9.78 Å². The van der Waals surface area contributed by atoms with Crippen molar-refractivity contribution in [2.24, 2.45) is 0 Å². The van der Waals surface area contributed by atoms with Crippen molar-refractivity contribution >= 4 is 11.8 Å². The lowest BCUT2D eigenvalue weighted by atomic mass is 10.1. The zero-order valence-corrected chi connectivity index (χ0v) is 12.0. The molecule has 0 unspecified atom stereocenters. The third-order valence-electron chi connectivity index (χ3n) is 2.36. The van der Waals surface area contributed by atoms with Crippen LogP contribution in [0.2, 0.25) is 0 Å². The molecule has 0 aliphatic rings. The average Bonchev–Trinajstić information content (AvgIpc) is 2.47. The topological polar surface area (TPSA) is 64.5 Å². The Labute approximate surface area is 121 Å². The monoisotopic (exact) mass is 292 g/mol. The molecular formula is C14H16N2O3S. The Morgan fingerprint density at radius 2 is 1.95 bits per heavy atom. The predicted molar refractivity (Wildman–Crippen MR) is 77.4 cm³/mol. The Bertz CT molecular complexity index is 537. The van der Waals surface area contributed by atoms with Crippen molar-refractivity contribution in [3.8, 4) is 17.1 Å². The third kappa shape index (κ3) is 4.48. The van der Waals surface area contributed by atoms with E-state index >= 15 is 0 Å². The number of rotatable bonds is 7. The highest BCUT2D eigenvalue weighted by atomic mass is 32.2. The van der Waals surface area contributed by atoms with Gasteiger partial charge in [0.15, 0.2) is 5.16 Å². The zero-order chi connectivity index (χ0) is 14.2. The summed E-state index contributed by atoms with van der Waals surface area (Å²) in [6, 6.07) is 11.2. The molecular weight excluding hydrogens is 276 g/mol. The van der Waals surface area contributed by atoms with E-state index in [9.17, 15) is 5.11 Å². The molecule has 0 aliphatic carbocycles. The van der Waals surface area contributed by atoms with Crippen LogP contribution < -0.4 is 0 Å². The number of hydrogen-bond acceptors (Lipinski definition) is 6. The van der Waals surface area contributed by atoms with Crippen LogP contribution in [0.25, 0.3) is 11.3 Å². The molecule has 1 aromatic heterocycles. The van der Waals surface area contributed by atoms with E-state index in [1.807, 2.05) is 37.3 Å². The molecule has 106 valence electrons. The quantitative estimate of drug-likeness (QED) is 0.278. The number of aromatic nitrogens is 2. The number of hydrogen-bond donors (Lipinski definition) is 1. The summed E-state index contributed by atoms with van der Waals surface area (Å²) in [5, 5.41) is 10.2. The number of benzene rings is 1. The maximum Gasteiger partial charge on any atom is 0.215 e. The fraction of sp³-hybridized carbons (Fsp3) is 0.286. The minimum atomic E-state index is -0.0351. The van der Waals surface area contributed by atoms with Crippen molar-refractivity contribution in [2.75, 3.05) is 19.0 Å². The van der Waals surface area contributed by atoms with Gasteiger partial charge in [-0.15, -0.1) is 0 Å². The summed E-state index contributed by atoms with van der Waals surface area (Å²) in [6.07, 6.45) is 0. The van der Waals surface area contributed by atoms with Crippen LogP contribution in [-0.4, -0.2) is 34.0 Å².